The Labute approximate surface area is 426 Å². The van der Waals surface area contributed by atoms with Gasteiger partial charge in [0.1, 0.15) is 17.5 Å². The van der Waals surface area contributed by atoms with Crippen molar-refractivity contribution in [3.63, 3.8) is 0 Å². The van der Waals surface area contributed by atoms with Crippen LogP contribution in [0.15, 0.2) is 48.8 Å². The number of aliphatic hydroxyl groups excluding tert-OH is 1. The number of nitrogens with one attached hydrogen (secondary N) is 3. The number of pyridine rings is 3. The highest BCUT2D eigenvalue weighted by atomic mass is 16.3. The smallest absolute Gasteiger partial charge is 0.226 e. The van der Waals surface area contributed by atoms with E-state index in [-0.39, 0.29) is 12.1 Å². The Morgan fingerprint density at radius 1 is 0.630 bits per heavy atom. The Morgan fingerprint density at radius 2 is 1.16 bits per heavy atom. The number of fused-ring (bicyclic) bond motifs is 5. The predicted molar refractivity (Wildman–Crippen MR) is 289 cm³/mol. The number of nitrogens with zero attached hydrogens (tertiary/aromatic N) is 13. The Hall–Kier alpha value is -6.87. The molecule has 2 atom stereocenters. The molecule has 4 aliphatic rings. The van der Waals surface area contributed by atoms with Gasteiger partial charge in [0.05, 0.1) is 28.0 Å². The molecule has 3 aliphatic heterocycles. The van der Waals surface area contributed by atoms with E-state index in [0.717, 1.165) is 131 Å². The number of piperidine rings is 3. The Balaban J connectivity index is 0.680. The van der Waals surface area contributed by atoms with Crippen LogP contribution in [0.2, 0.25) is 0 Å². The first-order valence-electron chi connectivity index (χ1n) is 26.1. The van der Waals surface area contributed by atoms with Gasteiger partial charge in [0.25, 0.3) is 0 Å². The molecule has 11 rings (SSSR count). The SMILES string of the molecule is Cc1nc2nc(NC3CCN(Cc4ccccc4)CC3)nc(N)c2c2c1C(CN1CCC(Nc3nc(N)c4c(N(C)C)c(CN5CCC(Nc6nc(N)c7c(C(C)O)ccnc7n6)CC5)cnc4n3)CC1)CC2. The molecule has 10 N–H and O–H groups in total. The number of hydrogen-bond acceptors (Lipinski definition) is 20. The van der Waals surface area contributed by atoms with Crippen LogP contribution in [0.25, 0.3) is 33.1 Å². The number of anilines is 7. The summed E-state index contributed by atoms with van der Waals surface area (Å²) >= 11 is 0. The summed E-state index contributed by atoms with van der Waals surface area (Å²) in [6, 6.07) is 13.1. The van der Waals surface area contributed by atoms with Crippen LogP contribution >= 0.6 is 0 Å². The van der Waals surface area contributed by atoms with E-state index in [0.29, 0.717) is 81.7 Å². The molecule has 9 heterocycles. The van der Waals surface area contributed by atoms with Crippen molar-refractivity contribution in [2.24, 2.45) is 0 Å². The van der Waals surface area contributed by atoms with E-state index < -0.39 is 6.10 Å². The second-order valence-corrected chi connectivity index (χ2v) is 20.9. The summed E-state index contributed by atoms with van der Waals surface area (Å²) in [7, 11) is 4.06. The van der Waals surface area contributed by atoms with Crippen molar-refractivity contribution in [3.8, 4) is 0 Å². The van der Waals surface area contributed by atoms with Gasteiger partial charge in [-0.25, -0.2) is 15.0 Å². The van der Waals surface area contributed by atoms with Crippen molar-refractivity contribution >= 4 is 74.1 Å². The molecular formula is C53H69N19O. The fourth-order valence-corrected chi connectivity index (χ4v) is 12.0. The van der Waals surface area contributed by atoms with Gasteiger partial charge in [0.15, 0.2) is 16.9 Å². The number of nitrogens with two attached hydrogens (primary N) is 3. The molecule has 0 spiro atoms. The molecule has 0 saturated carbocycles. The molecule has 0 amide bonds. The van der Waals surface area contributed by atoms with E-state index >= 15 is 0 Å². The van der Waals surface area contributed by atoms with Crippen LogP contribution in [0, 0.1) is 6.92 Å². The maximum atomic E-state index is 10.2. The highest BCUT2D eigenvalue weighted by Gasteiger charge is 2.33. The minimum Gasteiger partial charge on any atom is -0.389 e. The van der Waals surface area contributed by atoms with Gasteiger partial charge in [-0.1, -0.05) is 30.3 Å². The zero-order valence-electron chi connectivity index (χ0n) is 42.5. The van der Waals surface area contributed by atoms with Crippen LogP contribution in [0.5, 0.6) is 0 Å². The third-order valence-corrected chi connectivity index (χ3v) is 15.6. The van der Waals surface area contributed by atoms with Crippen LogP contribution in [-0.2, 0) is 19.5 Å². The Kier molecular flexibility index (Phi) is 13.6. The average molecular weight is 988 g/mol. The molecule has 6 aromatic heterocycles. The first-order chi connectivity index (χ1) is 35.4. The number of aromatic nitrogens is 9. The van der Waals surface area contributed by atoms with Gasteiger partial charge >= 0.3 is 0 Å². The molecule has 1 aliphatic carbocycles. The molecule has 3 saturated heterocycles. The fraction of sp³-hybridized carbons (Fsp3) is 0.491. The minimum atomic E-state index is -0.704. The van der Waals surface area contributed by atoms with Crippen molar-refractivity contribution in [1.82, 2.24) is 59.6 Å². The third kappa shape index (κ3) is 10.3. The predicted octanol–water partition coefficient (Wildman–Crippen LogP) is 5.63. The van der Waals surface area contributed by atoms with Crippen LogP contribution in [0.4, 0.5) is 41.0 Å². The van der Waals surface area contributed by atoms with E-state index in [4.69, 9.17) is 47.1 Å². The molecule has 73 heavy (non-hydrogen) atoms. The normalized spacial score (nSPS) is 19.2. The van der Waals surface area contributed by atoms with Gasteiger partial charge in [-0.2, -0.15) is 29.9 Å². The number of aryl methyl sites for hydroxylation is 2. The second kappa shape index (κ2) is 20.6. The third-order valence-electron chi connectivity index (χ3n) is 15.6. The lowest BCUT2D eigenvalue weighted by Gasteiger charge is -2.34. The quantitative estimate of drug-likeness (QED) is 0.0696. The van der Waals surface area contributed by atoms with Gasteiger partial charge in [-0.3, -0.25) is 9.80 Å². The fourth-order valence-electron chi connectivity index (χ4n) is 12.0. The summed E-state index contributed by atoms with van der Waals surface area (Å²) in [5, 5.41) is 23.2. The van der Waals surface area contributed by atoms with Crippen molar-refractivity contribution < 1.29 is 5.11 Å². The van der Waals surface area contributed by atoms with E-state index in [2.05, 4.69) is 87.8 Å². The van der Waals surface area contributed by atoms with Gasteiger partial charge in [0.2, 0.25) is 17.8 Å². The van der Waals surface area contributed by atoms with Crippen molar-refractivity contribution in [1.29, 1.82) is 0 Å². The lowest BCUT2D eigenvalue weighted by atomic mass is 9.96. The van der Waals surface area contributed by atoms with Gasteiger partial charge in [0, 0.05) is 115 Å². The maximum absolute atomic E-state index is 10.2. The van der Waals surface area contributed by atoms with Crippen LogP contribution in [0.1, 0.15) is 97.4 Å². The van der Waals surface area contributed by atoms with Crippen LogP contribution in [0.3, 0.4) is 0 Å². The molecule has 1 aromatic carbocycles. The number of aliphatic hydroxyl groups is 1. The van der Waals surface area contributed by atoms with E-state index in [1.165, 1.54) is 16.7 Å². The second-order valence-electron chi connectivity index (χ2n) is 20.9. The molecule has 20 heteroatoms. The zero-order chi connectivity index (χ0) is 50.3. The number of nitrogen functional groups attached to an aromatic ring is 3. The maximum Gasteiger partial charge on any atom is 0.226 e. The molecule has 382 valence electrons. The molecule has 3 fully saturated rings. The van der Waals surface area contributed by atoms with Crippen LogP contribution < -0.4 is 38.1 Å². The minimum absolute atomic E-state index is 0.171. The lowest BCUT2D eigenvalue weighted by molar-refractivity contribution is 0.201. The molecule has 0 radical (unpaired) electrons. The highest BCUT2D eigenvalue weighted by molar-refractivity contribution is 5.99. The number of likely N-dealkylation sites (tertiary alicyclic amines) is 3. The number of benzene rings is 1. The first-order valence-corrected chi connectivity index (χ1v) is 26.1. The van der Waals surface area contributed by atoms with E-state index in [9.17, 15) is 5.11 Å². The van der Waals surface area contributed by atoms with Crippen molar-refractivity contribution in [3.05, 3.63) is 82.3 Å². The van der Waals surface area contributed by atoms with Crippen molar-refractivity contribution in [2.75, 3.05) is 98.0 Å². The van der Waals surface area contributed by atoms with Gasteiger partial charge in [-0.15, -0.1) is 0 Å². The summed E-state index contributed by atoms with van der Waals surface area (Å²) in [6.07, 6.45) is 10.7. The number of hydrogen-bond donors (Lipinski definition) is 7. The standard InChI is InChI=1S/C53H69N19O/c1-30-40-33(10-11-39(40)42-46(55)64-53(68-50(42)59-30)62-35-13-20-70(21-14-35)27-32-8-6-5-7-9-32)28-71-22-15-36(16-23-71)61-52-65-47(56)43-44(69(3)4)34(26-58-49(43)67-52)29-72-24-17-37(18-25-72)60-51-63-45(54)41-38(31(2)73)12-19-57-48(41)66-51/h5-9,12,19,26,31,33,35-37,73H,10-11,13-18,20-25,27-29H2,1-4H3,(H3,54,57,60,63,66)(H3,55,59,62,64,68)(H3,56,58,61,65,67). The summed E-state index contributed by atoms with van der Waals surface area (Å²) < 4.78 is 0. The van der Waals surface area contributed by atoms with E-state index in [1.54, 1.807) is 19.2 Å². The summed E-state index contributed by atoms with van der Waals surface area (Å²) in [6.45, 7) is 12.2. The zero-order valence-corrected chi connectivity index (χ0v) is 42.5. The first kappa shape index (κ1) is 48.4. The van der Waals surface area contributed by atoms with Gasteiger partial charge in [-0.05, 0) is 99.5 Å². The lowest BCUT2D eigenvalue weighted by Crippen LogP contribution is -2.41. The highest BCUT2D eigenvalue weighted by Crippen LogP contribution is 2.41. The Morgan fingerprint density at radius 3 is 1.75 bits per heavy atom. The molecular weight excluding hydrogens is 919 g/mol. The summed E-state index contributed by atoms with van der Waals surface area (Å²) in [5.74, 6) is 3.16. The molecule has 0 bridgehead atoms. The summed E-state index contributed by atoms with van der Waals surface area (Å²) in [5.41, 5.74) is 29.3. The topological polar surface area (TPSA) is 263 Å². The largest absolute Gasteiger partial charge is 0.389 e. The van der Waals surface area contributed by atoms with Crippen molar-refractivity contribution in [2.45, 2.75) is 108 Å². The summed E-state index contributed by atoms with van der Waals surface area (Å²) in [4.78, 5) is 52.6. The van der Waals surface area contributed by atoms with E-state index in [1.807, 2.05) is 20.3 Å². The Bertz CT molecular complexity index is 3110. The van der Waals surface area contributed by atoms with Gasteiger partial charge < -0.3 is 48.1 Å². The van der Waals surface area contributed by atoms with Crippen LogP contribution in [-0.4, -0.2) is 143 Å². The molecule has 7 aromatic rings. The molecule has 2 unspecified atom stereocenters. The molecule has 20 nitrogen and oxygen atoms in total. The monoisotopic (exact) mass is 988 g/mol. The number of rotatable bonds is 14. The average Bonchev–Trinajstić information content (AvgIpc) is 3.79.